The number of ether oxygens (including phenoxy) is 4. The van der Waals surface area contributed by atoms with Crippen LogP contribution < -0.4 is 0 Å². The molecule has 2 unspecified atom stereocenters. The average molecular weight is 1310 g/mol. The minimum absolute atomic E-state index is 0.104. The van der Waals surface area contributed by atoms with Gasteiger partial charge in [0.1, 0.15) is 19.3 Å². The molecule has 0 spiro atoms. The Labute approximate surface area is 543 Å². The molecule has 0 aromatic rings. The Morgan fingerprint density at radius 3 is 0.697 bits per heavy atom. The molecule has 0 heterocycles. The molecule has 0 aliphatic rings. The lowest BCUT2D eigenvalue weighted by atomic mass is 10.0. The van der Waals surface area contributed by atoms with Crippen LogP contribution in [-0.4, -0.2) is 96.7 Å². The van der Waals surface area contributed by atoms with Gasteiger partial charge in [0, 0.05) is 25.7 Å². The summed E-state index contributed by atoms with van der Waals surface area (Å²) >= 11 is 0. The van der Waals surface area contributed by atoms with Crippen LogP contribution in [0.5, 0.6) is 0 Å². The number of hydrogen-bond donors (Lipinski definition) is 3. The molecule has 0 rings (SSSR count). The highest BCUT2D eigenvalue weighted by molar-refractivity contribution is 7.47. The van der Waals surface area contributed by atoms with E-state index >= 15 is 0 Å². The number of hydrogen-bond acceptors (Lipinski definition) is 15. The Bertz CT molecular complexity index is 1760. The van der Waals surface area contributed by atoms with Gasteiger partial charge in [0.15, 0.2) is 12.2 Å². The summed E-state index contributed by atoms with van der Waals surface area (Å²) < 4.78 is 68.2. The van der Waals surface area contributed by atoms with Gasteiger partial charge in [0.25, 0.3) is 0 Å². The molecule has 0 saturated heterocycles. The SMILES string of the molecule is CC(C)CCCCCCCCCCCCCCCC(=O)OC[C@H](COP(=O)(O)OC[C@@H](O)COP(=O)(O)OC[C@@H](COC(=O)CCCCCCCCC(C)C)OC(=O)CCCCCCCCCCCCC(C)C)OC(=O)CCCCCCCCCCC(C)C. The lowest BCUT2D eigenvalue weighted by molar-refractivity contribution is -0.161. The van der Waals surface area contributed by atoms with E-state index in [9.17, 15) is 43.2 Å². The van der Waals surface area contributed by atoms with Gasteiger partial charge in [-0.3, -0.25) is 37.3 Å². The van der Waals surface area contributed by atoms with Crippen molar-refractivity contribution in [1.29, 1.82) is 0 Å². The topological polar surface area (TPSA) is 237 Å². The largest absolute Gasteiger partial charge is 0.472 e. The maximum absolute atomic E-state index is 13.0. The fraction of sp³-hybridized carbons (Fsp3) is 0.943. The number of carbonyl (C=O) groups is 4. The molecule has 0 saturated carbocycles. The summed E-state index contributed by atoms with van der Waals surface area (Å²) in [5.74, 6) is 0.808. The van der Waals surface area contributed by atoms with Crippen LogP contribution in [0.4, 0.5) is 0 Å². The standard InChI is InChI=1S/C70H136O17P2/c1-60(2)46-38-30-22-16-12-10-9-11-13-18-25-34-42-50-67(72)80-56-65(87-70(75)53-45-37-27-21-20-24-32-40-48-62(5)6)58-84-88(76,77)82-54-64(71)55-83-89(78,79)85-59-66(57-81-68(73)51-43-35-29-28-33-41-49-63(7)8)86-69(74)52-44-36-26-19-15-14-17-23-31-39-47-61(3)4/h60-66,71H,9-59H2,1-8H3,(H,76,77)(H,78,79)/t64-,65-,66-/m1/s1. The lowest BCUT2D eigenvalue weighted by Gasteiger charge is -2.21. The van der Waals surface area contributed by atoms with E-state index in [2.05, 4.69) is 55.4 Å². The Hall–Kier alpha value is -1.94. The number of aliphatic hydroxyl groups excluding tert-OH is 1. The van der Waals surface area contributed by atoms with Crippen molar-refractivity contribution in [1.82, 2.24) is 0 Å². The molecule has 0 aromatic heterocycles. The van der Waals surface area contributed by atoms with Gasteiger partial charge in [0.2, 0.25) is 0 Å². The van der Waals surface area contributed by atoms with Crippen molar-refractivity contribution in [3.8, 4) is 0 Å². The number of phosphoric acid groups is 2. The van der Waals surface area contributed by atoms with E-state index in [1.54, 1.807) is 0 Å². The summed E-state index contributed by atoms with van der Waals surface area (Å²) in [6, 6.07) is 0. The van der Waals surface area contributed by atoms with Crippen molar-refractivity contribution < 1.29 is 80.2 Å². The van der Waals surface area contributed by atoms with Crippen LogP contribution in [0.3, 0.4) is 0 Å². The number of carbonyl (C=O) groups excluding carboxylic acids is 4. The van der Waals surface area contributed by atoms with Crippen molar-refractivity contribution >= 4 is 39.5 Å². The van der Waals surface area contributed by atoms with Gasteiger partial charge in [-0.2, -0.15) is 0 Å². The third-order valence-corrected chi connectivity index (χ3v) is 18.0. The monoisotopic (exact) mass is 1310 g/mol. The Kier molecular flexibility index (Phi) is 58.5. The molecule has 17 nitrogen and oxygen atoms in total. The molecular formula is C70H136O17P2. The van der Waals surface area contributed by atoms with Gasteiger partial charge in [-0.15, -0.1) is 0 Å². The maximum Gasteiger partial charge on any atom is 0.472 e. The van der Waals surface area contributed by atoms with E-state index < -0.39 is 97.5 Å². The zero-order valence-corrected chi connectivity index (χ0v) is 59.8. The van der Waals surface area contributed by atoms with Crippen molar-refractivity contribution in [2.45, 2.75) is 363 Å². The second kappa shape index (κ2) is 59.8. The molecule has 19 heteroatoms. The summed E-state index contributed by atoms with van der Waals surface area (Å²) in [6.45, 7) is 14.0. The maximum atomic E-state index is 13.0. The fourth-order valence-corrected chi connectivity index (χ4v) is 12.1. The molecule has 0 radical (unpaired) electrons. The first-order valence-electron chi connectivity index (χ1n) is 36.2. The Morgan fingerprint density at radius 1 is 0.281 bits per heavy atom. The Balaban J connectivity index is 5.22. The zero-order chi connectivity index (χ0) is 66.1. The van der Waals surface area contributed by atoms with Gasteiger partial charge < -0.3 is 33.8 Å². The van der Waals surface area contributed by atoms with E-state index in [0.29, 0.717) is 31.6 Å². The molecule has 5 atom stereocenters. The summed E-state index contributed by atoms with van der Waals surface area (Å²) in [7, 11) is -9.90. The molecule has 89 heavy (non-hydrogen) atoms. The quantitative estimate of drug-likeness (QED) is 0.0222. The van der Waals surface area contributed by atoms with Crippen molar-refractivity contribution in [3.63, 3.8) is 0 Å². The average Bonchev–Trinajstić information content (AvgIpc) is 3.70. The van der Waals surface area contributed by atoms with E-state index in [-0.39, 0.29) is 25.7 Å². The molecule has 3 N–H and O–H groups in total. The van der Waals surface area contributed by atoms with Crippen LogP contribution in [-0.2, 0) is 65.4 Å². The molecular weight excluding hydrogens is 1170 g/mol. The number of unbranched alkanes of at least 4 members (excludes halogenated alkanes) is 33. The van der Waals surface area contributed by atoms with Gasteiger partial charge in [-0.05, 0) is 49.4 Å². The molecule has 0 aliphatic carbocycles. The first kappa shape index (κ1) is 87.1. The van der Waals surface area contributed by atoms with E-state index in [4.69, 9.17) is 37.0 Å². The molecule has 0 aromatic carbocycles. The lowest BCUT2D eigenvalue weighted by Crippen LogP contribution is -2.30. The molecule has 0 bridgehead atoms. The summed E-state index contributed by atoms with van der Waals surface area (Å²) in [6.07, 6.45) is 41.9. The van der Waals surface area contributed by atoms with Crippen LogP contribution in [0, 0.1) is 23.7 Å². The molecule has 0 amide bonds. The minimum Gasteiger partial charge on any atom is -0.462 e. The van der Waals surface area contributed by atoms with Gasteiger partial charge in [-0.1, -0.05) is 293 Å². The third kappa shape index (κ3) is 64.6. The van der Waals surface area contributed by atoms with Gasteiger partial charge >= 0.3 is 39.5 Å². The normalized spacial score (nSPS) is 14.3. The fourth-order valence-electron chi connectivity index (χ4n) is 10.5. The van der Waals surface area contributed by atoms with Crippen molar-refractivity contribution in [3.05, 3.63) is 0 Å². The number of phosphoric ester groups is 2. The Morgan fingerprint density at radius 2 is 0.472 bits per heavy atom. The second-order valence-electron chi connectivity index (χ2n) is 27.2. The van der Waals surface area contributed by atoms with Crippen LogP contribution in [0.15, 0.2) is 0 Å². The van der Waals surface area contributed by atoms with Crippen LogP contribution in [0.1, 0.15) is 344 Å². The van der Waals surface area contributed by atoms with Gasteiger partial charge in [0.05, 0.1) is 26.4 Å². The number of esters is 4. The number of aliphatic hydroxyl groups is 1. The van der Waals surface area contributed by atoms with Crippen LogP contribution in [0.25, 0.3) is 0 Å². The van der Waals surface area contributed by atoms with Crippen LogP contribution >= 0.6 is 15.6 Å². The first-order valence-corrected chi connectivity index (χ1v) is 39.2. The van der Waals surface area contributed by atoms with E-state index in [1.807, 2.05) is 0 Å². The smallest absolute Gasteiger partial charge is 0.462 e. The zero-order valence-electron chi connectivity index (χ0n) is 58.1. The summed E-state index contributed by atoms with van der Waals surface area (Å²) in [5.41, 5.74) is 0. The summed E-state index contributed by atoms with van der Waals surface area (Å²) in [5, 5.41) is 10.6. The second-order valence-corrected chi connectivity index (χ2v) is 30.1. The number of rotatable bonds is 67. The predicted octanol–water partition coefficient (Wildman–Crippen LogP) is 19.7. The first-order chi connectivity index (χ1) is 42.6. The minimum atomic E-state index is -4.95. The summed E-state index contributed by atoms with van der Waals surface area (Å²) in [4.78, 5) is 72.5. The molecule has 0 fully saturated rings. The highest BCUT2D eigenvalue weighted by Crippen LogP contribution is 2.45. The van der Waals surface area contributed by atoms with E-state index in [0.717, 1.165) is 114 Å². The van der Waals surface area contributed by atoms with Gasteiger partial charge in [-0.25, -0.2) is 9.13 Å². The highest BCUT2D eigenvalue weighted by Gasteiger charge is 2.30. The molecule has 0 aliphatic heterocycles. The predicted molar refractivity (Wildman–Crippen MR) is 358 cm³/mol. The van der Waals surface area contributed by atoms with E-state index in [1.165, 1.54) is 141 Å². The third-order valence-electron chi connectivity index (χ3n) is 16.1. The van der Waals surface area contributed by atoms with Crippen molar-refractivity contribution in [2.24, 2.45) is 23.7 Å². The van der Waals surface area contributed by atoms with Crippen molar-refractivity contribution in [2.75, 3.05) is 39.6 Å². The highest BCUT2D eigenvalue weighted by atomic mass is 31.2. The molecule has 528 valence electrons. The van der Waals surface area contributed by atoms with Crippen LogP contribution in [0.2, 0.25) is 0 Å².